The van der Waals surface area contributed by atoms with Crippen LogP contribution < -0.4 is 5.32 Å². The Balaban J connectivity index is 1.74. The molecule has 1 saturated heterocycles. The lowest BCUT2D eigenvalue weighted by molar-refractivity contribution is -0.129. The molecular formula is C18H25NO. The van der Waals surface area contributed by atoms with Crippen molar-refractivity contribution in [1.82, 2.24) is 5.32 Å². The van der Waals surface area contributed by atoms with Crippen LogP contribution in [0.2, 0.25) is 0 Å². The summed E-state index contributed by atoms with van der Waals surface area (Å²) in [5.74, 6) is 0.944. The molecule has 0 bridgehead atoms. The highest BCUT2D eigenvalue weighted by Crippen LogP contribution is 2.38. The fourth-order valence-corrected chi connectivity index (χ4v) is 3.79. The zero-order valence-electron chi connectivity index (χ0n) is 12.5. The molecule has 1 aromatic carbocycles. The van der Waals surface area contributed by atoms with Crippen LogP contribution in [0.5, 0.6) is 0 Å². The Bertz CT molecular complexity index is 488. The largest absolute Gasteiger partial charge is 0.317 e. The third-order valence-electron chi connectivity index (χ3n) is 5.31. The van der Waals surface area contributed by atoms with Crippen molar-refractivity contribution in [3.63, 3.8) is 0 Å². The van der Waals surface area contributed by atoms with Crippen LogP contribution in [0.1, 0.15) is 56.1 Å². The fraction of sp³-hybridized carbons (Fsp3) is 0.611. The lowest BCUT2D eigenvalue weighted by Crippen LogP contribution is -2.40. The van der Waals surface area contributed by atoms with Crippen LogP contribution in [0.25, 0.3) is 0 Å². The van der Waals surface area contributed by atoms with Gasteiger partial charge in [0.15, 0.2) is 0 Å². The molecule has 2 aliphatic rings. The molecule has 0 spiro atoms. The Morgan fingerprint density at radius 1 is 1.30 bits per heavy atom. The number of carbonyl (C=O) groups excluding carboxylic acids is 1. The number of ketones is 1. The number of Topliss-reactive ketones (excluding diaryl/α,β-unsaturated/α-hetero) is 1. The predicted molar refractivity (Wildman–Crippen MR) is 82.0 cm³/mol. The van der Waals surface area contributed by atoms with E-state index < -0.39 is 0 Å². The minimum atomic E-state index is -0.0857. The van der Waals surface area contributed by atoms with Crippen molar-refractivity contribution < 1.29 is 4.79 Å². The van der Waals surface area contributed by atoms with Gasteiger partial charge in [-0.15, -0.1) is 0 Å². The average molecular weight is 271 g/mol. The third kappa shape index (κ3) is 2.67. The Hall–Kier alpha value is -1.15. The topological polar surface area (TPSA) is 29.1 Å². The highest BCUT2D eigenvalue weighted by Gasteiger charge is 2.36. The van der Waals surface area contributed by atoms with E-state index in [1.54, 1.807) is 0 Å². The molecule has 2 nitrogen and oxygen atoms in total. The smallest absolute Gasteiger partial charge is 0.139 e. The van der Waals surface area contributed by atoms with Crippen molar-refractivity contribution in [3.05, 3.63) is 35.4 Å². The Kier molecular flexibility index (Phi) is 3.93. The SMILES string of the molecule is CC1(C(=O)CC2CCCc3ccccc32)CCNCC1. The van der Waals surface area contributed by atoms with Gasteiger partial charge in [-0.1, -0.05) is 31.2 Å². The normalized spacial score (nSPS) is 24.9. The van der Waals surface area contributed by atoms with Gasteiger partial charge in [-0.3, -0.25) is 4.79 Å². The molecule has 0 radical (unpaired) electrons. The van der Waals surface area contributed by atoms with Crippen LogP contribution in [0.4, 0.5) is 0 Å². The number of piperidine rings is 1. The number of hydrogen-bond acceptors (Lipinski definition) is 2. The Morgan fingerprint density at radius 2 is 2.05 bits per heavy atom. The minimum absolute atomic E-state index is 0.0857. The highest BCUT2D eigenvalue weighted by atomic mass is 16.1. The summed E-state index contributed by atoms with van der Waals surface area (Å²) in [6.07, 6.45) is 6.33. The summed E-state index contributed by atoms with van der Waals surface area (Å²) in [6.45, 7) is 4.15. The van der Waals surface area contributed by atoms with Crippen molar-refractivity contribution in [2.45, 2.75) is 51.4 Å². The van der Waals surface area contributed by atoms with E-state index >= 15 is 0 Å². The summed E-state index contributed by atoms with van der Waals surface area (Å²) in [5, 5.41) is 3.36. The molecule has 1 fully saturated rings. The lowest BCUT2D eigenvalue weighted by atomic mass is 9.71. The first kappa shape index (κ1) is 13.8. The zero-order valence-corrected chi connectivity index (χ0v) is 12.5. The van der Waals surface area contributed by atoms with Gasteiger partial charge in [-0.2, -0.15) is 0 Å². The van der Waals surface area contributed by atoms with Crippen LogP contribution in [-0.4, -0.2) is 18.9 Å². The van der Waals surface area contributed by atoms with Crippen LogP contribution in [0.3, 0.4) is 0 Å². The summed E-state index contributed by atoms with van der Waals surface area (Å²) < 4.78 is 0. The summed E-state index contributed by atoms with van der Waals surface area (Å²) in [7, 11) is 0. The van der Waals surface area contributed by atoms with Gasteiger partial charge in [0.2, 0.25) is 0 Å². The first-order chi connectivity index (χ1) is 9.69. The van der Waals surface area contributed by atoms with Gasteiger partial charge in [0, 0.05) is 11.8 Å². The van der Waals surface area contributed by atoms with E-state index in [2.05, 4.69) is 36.5 Å². The summed E-state index contributed by atoms with van der Waals surface area (Å²) in [4.78, 5) is 12.8. The number of rotatable bonds is 3. The summed E-state index contributed by atoms with van der Waals surface area (Å²) in [5.41, 5.74) is 2.81. The van der Waals surface area contributed by atoms with E-state index in [1.165, 1.54) is 30.4 Å². The molecule has 0 saturated carbocycles. The fourth-order valence-electron chi connectivity index (χ4n) is 3.79. The van der Waals surface area contributed by atoms with Crippen molar-refractivity contribution in [1.29, 1.82) is 0 Å². The van der Waals surface area contributed by atoms with Gasteiger partial charge in [-0.25, -0.2) is 0 Å². The molecule has 1 unspecified atom stereocenters. The highest BCUT2D eigenvalue weighted by molar-refractivity contribution is 5.85. The Morgan fingerprint density at radius 3 is 2.85 bits per heavy atom. The molecule has 1 atom stereocenters. The molecule has 0 aromatic heterocycles. The number of nitrogens with one attached hydrogen (secondary N) is 1. The Labute approximate surface area is 122 Å². The van der Waals surface area contributed by atoms with Gasteiger partial charge in [0.05, 0.1) is 0 Å². The molecule has 1 heterocycles. The van der Waals surface area contributed by atoms with E-state index in [1.807, 2.05) is 0 Å². The number of aryl methyl sites for hydroxylation is 1. The maximum atomic E-state index is 12.8. The van der Waals surface area contributed by atoms with E-state index in [4.69, 9.17) is 0 Å². The number of benzene rings is 1. The second kappa shape index (κ2) is 5.69. The predicted octanol–water partition coefficient (Wildman–Crippen LogP) is 3.46. The maximum Gasteiger partial charge on any atom is 0.139 e. The summed E-state index contributed by atoms with van der Waals surface area (Å²) >= 11 is 0. The van der Waals surface area contributed by atoms with Gasteiger partial charge in [0.25, 0.3) is 0 Å². The summed E-state index contributed by atoms with van der Waals surface area (Å²) in [6, 6.07) is 8.71. The minimum Gasteiger partial charge on any atom is -0.317 e. The van der Waals surface area contributed by atoms with Crippen LogP contribution >= 0.6 is 0 Å². The molecule has 1 aliphatic carbocycles. The third-order valence-corrected chi connectivity index (χ3v) is 5.31. The molecule has 1 N–H and O–H groups in total. The van der Waals surface area contributed by atoms with Crippen molar-refractivity contribution in [2.24, 2.45) is 5.41 Å². The zero-order chi connectivity index (χ0) is 14.0. The quantitative estimate of drug-likeness (QED) is 0.912. The molecule has 1 aliphatic heterocycles. The van der Waals surface area contributed by atoms with Gasteiger partial charge in [-0.05, 0) is 62.2 Å². The monoisotopic (exact) mass is 271 g/mol. The molecule has 0 amide bonds. The van der Waals surface area contributed by atoms with E-state index in [0.29, 0.717) is 11.7 Å². The lowest BCUT2D eigenvalue weighted by Gasteiger charge is -2.34. The van der Waals surface area contributed by atoms with Crippen molar-refractivity contribution in [2.75, 3.05) is 13.1 Å². The van der Waals surface area contributed by atoms with Crippen LogP contribution in [0.15, 0.2) is 24.3 Å². The molecule has 20 heavy (non-hydrogen) atoms. The van der Waals surface area contributed by atoms with Gasteiger partial charge >= 0.3 is 0 Å². The second-order valence-corrected chi connectivity index (χ2v) is 6.73. The van der Waals surface area contributed by atoms with Gasteiger partial charge < -0.3 is 5.32 Å². The maximum absolute atomic E-state index is 12.8. The average Bonchev–Trinajstić information content (AvgIpc) is 2.48. The number of carbonyl (C=O) groups is 1. The van der Waals surface area contributed by atoms with Crippen molar-refractivity contribution in [3.8, 4) is 0 Å². The standard InChI is InChI=1S/C18H25NO/c1-18(9-11-19-12-10-18)17(20)13-15-7-4-6-14-5-2-3-8-16(14)15/h2-3,5,8,15,19H,4,6-7,9-13H2,1H3. The second-order valence-electron chi connectivity index (χ2n) is 6.73. The van der Waals surface area contributed by atoms with Crippen LogP contribution in [-0.2, 0) is 11.2 Å². The molecular weight excluding hydrogens is 246 g/mol. The first-order valence-corrected chi connectivity index (χ1v) is 8.01. The van der Waals surface area contributed by atoms with Gasteiger partial charge in [0.1, 0.15) is 5.78 Å². The molecule has 2 heteroatoms. The first-order valence-electron chi connectivity index (χ1n) is 8.01. The van der Waals surface area contributed by atoms with E-state index in [9.17, 15) is 4.79 Å². The van der Waals surface area contributed by atoms with E-state index in [0.717, 1.165) is 32.4 Å². The number of hydrogen-bond donors (Lipinski definition) is 1. The molecule has 1 aromatic rings. The molecule has 3 rings (SSSR count). The van der Waals surface area contributed by atoms with Crippen LogP contribution in [0, 0.1) is 5.41 Å². The van der Waals surface area contributed by atoms with Crippen molar-refractivity contribution >= 4 is 5.78 Å². The number of fused-ring (bicyclic) bond motifs is 1. The molecule has 108 valence electrons. The van der Waals surface area contributed by atoms with E-state index in [-0.39, 0.29) is 5.41 Å².